The van der Waals surface area contributed by atoms with Crippen LogP contribution >= 0.6 is 0 Å². The van der Waals surface area contributed by atoms with E-state index in [-0.39, 0.29) is 18.4 Å². The summed E-state index contributed by atoms with van der Waals surface area (Å²) in [5, 5.41) is 6.66. The van der Waals surface area contributed by atoms with Gasteiger partial charge >= 0.3 is 0 Å². The summed E-state index contributed by atoms with van der Waals surface area (Å²) in [5.74, 6) is 0.0370. The Morgan fingerprint density at radius 2 is 2.12 bits per heavy atom. The number of carbonyl (C=O) groups is 2. The third kappa shape index (κ3) is 3.64. The van der Waals surface area contributed by atoms with Crippen LogP contribution in [0.25, 0.3) is 0 Å². The van der Waals surface area contributed by atoms with Gasteiger partial charge in [-0.15, -0.1) is 0 Å². The molecular formula is C18H22N4O2. The maximum Gasteiger partial charge on any atom is 0.246 e. The van der Waals surface area contributed by atoms with Crippen molar-refractivity contribution in [3.8, 4) is 0 Å². The number of nitrogens with one attached hydrogen (secondary N) is 1. The zero-order valence-electron chi connectivity index (χ0n) is 13.9. The molecule has 0 atom stereocenters. The summed E-state index contributed by atoms with van der Waals surface area (Å²) in [6, 6.07) is 7.84. The minimum atomic E-state index is -0.0151. The number of rotatable bonds is 5. The SMILES string of the molecule is Cc1ccccc1N1CCN(C(=O)CCCc2cn[nH]c2)CC1=O. The number of hydrogen-bond donors (Lipinski definition) is 1. The van der Waals surface area contributed by atoms with Crippen LogP contribution in [0.3, 0.4) is 0 Å². The van der Waals surface area contributed by atoms with E-state index in [2.05, 4.69) is 10.2 Å². The minimum absolute atomic E-state index is 0.0151. The number of para-hydroxylation sites is 1. The standard InChI is InChI=1S/C18H22N4O2/c1-14-5-2-3-7-16(14)22-10-9-21(13-18(22)24)17(23)8-4-6-15-11-19-20-12-15/h2-3,5,7,11-12H,4,6,8-10,13H2,1H3,(H,19,20). The van der Waals surface area contributed by atoms with Crippen LogP contribution in [0.2, 0.25) is 0 Å². The van der Waals surface area contributed by atoms with E-state index in [4.69, 9.17) is 0 Å². The van der Waals surface area contributed by atoms with Gasteiger partial charge in [-0.2, -0.15) is 5.10 Å². The van der Waals surface area contributed by atoms with Gasteiger partial charge in [-0.05, 0) is 37.0 Å². The second-order valence-electron chi connectivity index (χ2n) is 6.11. The molecule has 2 heterocycles. The molecule has 3 rings (SSSR count). The lowest BCUT2D eigenvalue weighted by molar-refractivity contribution is -0.136. The molecule has 1 saturated heterocycles. The van der Waals surface area contributed by atoms with Gasteiger partial charge in [0.2, 0.25) is 11.8 Å². The minimum Gasteiger partial charge on any atom is -0.332 e. The van der Waals surface area contributed by atoms with Gasteiger partial charge in [-0.25, -0.2) is 0 Å². The highest BCUT2D eigenvalue weighted by Gasteiger charge is 2.28. The molecule has 2 amide bonds. The molecule has 6 nitrogen and oxygen atoms in total. The molecular weight excluding hydrogens is 304 g/mol. The second kappa shape index (κ2) is 7.29. The van der Waals surface area contributed by atoms with Crippen LogP contribution in [0.5, 0.6) is 0 Å². The van der Waals surface area contributed by atoms with Gasteiger partial charge in [0.1, 0.15) is 6.54 Å². The monoisotopic (exact) mass is 326 g/mol. The van der Waals surface area contributed by atoms with Gasteiger partial charge < -0.3 is 9.80 Å². The van der Waals surface area contributed by atoms with E-state index in [0.717, 1.165) is 29.7 Å². The molecule has 0 unspecified atom stereocenters. The van der Waals surface area contributed by atoms with Gasteiger partial charge in [0.05, 0.1) is 6.20 Å². The van der Waals surface area contributed by atoms with Gasteiger partial charge in [0, 0.05) is 31.4 Å². The number of aromatic nitrogens is 2. The summed E-state index contributed by atoms with van der Waals surface area (Å²) in [4.78, 5) is 28.2. The molecule has 1 fully saturated rings. The van der Waals surface area contributed by atoms with Crippen molar-refractivity contribution in [2.75, 3.05) is 24.5 Å². The van der Waals surface area contributed by atoms with Crippen LogP contribution in [0.1, 0.15) is 24.0 Å². The quantitative estimate of drug-likeness (QED) is 0.912. The average molecular weight is 326 g/mol. The summed E-state index contributed by atoms with van der Waals surface area (Å²) in [7, 11) is 0. The molecule has 0 radical (unpaired) electrons. The van der Waals surface area contributed by atoms with Crippen LogP contribution < -0.4 is 4.90 Å². The number of hydrogen-bond acceptors (Lipinski definition) is 3. The third-order valence-corrected chi connectivity index (χ3v) is 4.39. The Balaban J connectivity index is 1.52. The molecule has 1 aliphatic rings. The zero-order chi connectivity index (χ0) is 16.9. The molecule has 1 aromatic heterocycles. The fraction of sp³-hybridized carbons (Fsp3) is 0.389. The van der Waals surface area contributed by atoms with E-state index in [1.54, 1.807) is 16.0 Å². The highest BCUT2D eigenvalue weighted by atomic mass is 16.2. The summed E-state index contributed by atoms with van der Waals surface area (Å²) in [6.45, 7) is 3.30. The van der Waals surface area contributed by atoms with Gasteiger partial charge in [0.15, 0.2) is 0 Å². The molecule has 126 valence electrons. The Bertz CT molecular complexity index is 712. The number of piperazine rings is 1. The van der Waals surface area contributed by atoms with Crippen molar-refractivity contribution in [2.45, 2.75) is 26.2 Å². The number of aryl methyl sites for hydroxylation is 2. The predicted octanol–water partition coefficient (Wildman–Crippen LogP) is 1.92. The van der Waals surface area contributed by atoms with Gasteiger partial charge in [-0.1, -0.05) is 18.2 Å². The number of carbonyl (C=O) groups excluding carboxylic acids is 2. The van der Waals surface area contributed by atoms with E-state index in [0.29, 0.717) is 19.5 Å². The first-order valence-corrected chi connectivity index (χ1v) is 8.26. The fourth-order valence-corrected chi connectivity index (χ4v) is 3.02. The van der Waals surface area contributed by atoms with Crippen LogP contribution in [-0.4, -0.2) is 46.5 Å². The highest BCUT2D eigenvalue weighted by Crippen LogP contribution is 2.21. The first-order valence-electron chi connectivity index (χ1n) is 8.26. The van der Waals surface area contributed by atoms with Gasteiger partial charge in [0.25, 0.3) is 0 Å². The topological polar surface area (TPSA) is 69.3 Å². The van der Waals surface area contributed by atoms with Crippen molar-refractivity contribution in [3.05, 3.63) is 47.8 Å². The summed E-state index contributed by atoms with van der Waals surface area (Å²) in [5.41, 5.74) is 3.11. The van der Waals surface area contributed by atoms with E-state index < -0.39 is 0 Å². The number of amides is 2. The average Bonchev–Trinajstić information content (AvgIpc) is 3.09. The van der Waals surface area contributed by atoms with Crippen molar-refractivity contribution < 1.29 is 9.59 Å². The van der Waals surface area contributed by atoms with Crippen molar-refractivity contribution in [3.63, 3.8) is 0 Å². The van der Waals surface area contributed by atoms with E-state index in [1.165, 1.54) is 0 Å². The van der Waals surface area contributed by atoms with Crippen LogP contribution in [-0.2, 0) is 16.0 Å². The normalized spacial score (nSPS) is 15.0. The molecule has 1 aliphatic heterocycles. The molecule has 0 saturated carbocycles. The van der Waals surface area contributed by atoms with E-state index >= 15 is 0 Å². The Morgan fingerprint density at radius 1 is 1.29 bits per heavy atom. The summed E-state index contributed by atoms with van der Waals surface area (Å²) in [6.07, 6.45) is 5.66. The maximum atomic E-state index is 12.4. The molecule has 24 heavy (non-hydrogen) atoms. The first kappa shape index (κ1) is 16.2. The van der Waals surface area contributed by atoms with Gasteiger partial charge in [-0.3, -0.25) is 14.7 Å². The number of nitrogens with zero attached hydrogens (tertiary/aromatic N) is 3. The number of benzene rings is 1. The highest BCUT2D eigenvalue weighted by molar-refractivity contribution is 5.98. The molecule has 1 aromatic carbocycles. The Morgan fingerprint density at radius 3 is 2.83 bits per heavy atom. The lowest BCUT2D eigenvalue weighted by atomic mass is 10.1. The number of aromatic amines is 1. The van der Waals surface area contributed by atoms with Crippen molar-refractivity contribution in [1.82, 2.24) is 15.1 Å². The van der Waals surface area contributed by atoms with E-state index in [1.807, 2.05) is 37.4 Å². The summed E-state index contributed by atoms with van der Waals surface area (Å²) < 4.78 is 0. The fourth-order valence-electron chi connectivity index (χ4n) is 3.02. The lowest BCUT2D eigenvalue weighted by Crippen LogP contribution is -2.52. The summed E-state index contributed by atoms with van der Waals surface area (Å²) >= 11 is 0. The molecule has 0 bridgehead atoms. The van der Waals surface area contributed by atoms with Crippen LogP contribution in [0.4, 0.5) is 5.69 Å². The number of H-pyrrole nitrogens is 1. The molecule has 0 aliphatic carbocycles. The van der Waals surface area contributed by atoms with Crippen molar-refractivity contribution in [1.29, 1.82) is 0 Å². The van der Waals surface area contributed by atoms with Crippen molar-refractivity contribution in [2.24, 2.45) is 0 Å². The van der Waals surface area contributed by atoms with Crippen molar-refractivity contribution >= 4 is 17.5 Å². The maximum absolute atomic E-state index is 12.4. The van der Waals surface area contributed by atoms with Crippen LogP contribution in [0.15, 0.2) is 36.7 Å². The zero-order valence-corrected chi connectivity index (χ0v) is 13.9. The largest absolute Gasteiger partial charge is 0.332 e. The Labute approximate surface area is 141 Å². The number of anilines is 1. The van der Waals surface area contributed by atoms with Crippen LogP contribution in [0, 0.1) is 6.92 Å². The third-order valence-electron chi connectivity index (χ3n) is 4.39. The molecule has 2 aromatic rings. The Kier molecular flexibility index (Phi) is 4.93. The molecule has 6 heteroatoms. The van der Waals surface area contributed by atoms with E-state index in [9.17, 15) is 9.59 Å². The molecule has 1 N–H and O–H groups in total. The smallest absolute Gasteiger partial charge is 0.246 e. The first-order chi connectivity index (χ1) is 11.6. The Hall–Kier alpha value is -2.63. The lowest BCUT2D eigenvalue weighted by Gasteiger charge is -2.35. The predicted molar refractivity (Wildman–Crippen MR) is 91.6 cm³/mol. The second-order valence-corrected chi connectivity index (χ2v) is 6.11. The molecule has 0 spiro atoms.